The van der Waals surface area contributed by atoms with Gasteiger partial charge < -0.3 is 5.11 Å². The van der Waals surface area contributed by atoms with Crippen molar-refractivity contribution in [1.29, 1.82) is 0 Å². The molecule has 0 aliphatic heterocycles. The van der Waals surface area contributed by atoms with Gasteiger partial charge in [-0.25, -0.2) is 4.39 Å². The molecule has 0 aliphatic carbocycles. The van der Waals surface area contributed by atoms with Crippen molar-refractivity contribution in [3.05, 3.63) is 35.4 Å². The van der Waals surface area contributed by atoms with Gasteiger partial charge in [0.05, 0.1) is 0 Å². The predicted octanol–water partition coefficient (Wildman–Crippen LogP) is 3.08. The van der Waals surface area contributed by atoms with E-state index in [1.54, 1.807) is 6.08 Å². The molecule has 0 atom stereocenters. The Labute approximate surface area is 82.8 Å². The van der Waals surface area contributed by atoms with E-state index in [0.29, 0.717) is 5.33 Å². The van der Waals surface area contributed by atoms with Crippen molar-refractivity contribution in [3.8, 4) is 5.75 Å². The summed E-state index contributed by atoms with van der Waals surface area (Å²) in [4.78, 5) is 0. The molecule has 0 aromatic heterocycles. The summed E-state index contributed by atoms with van der Waals surface area (Å²) in [5.74, 6) is -2.91. The summed E-state index contributed by atoms with van der Waals surface area (Å²) in [7, 11) is 0. The van der Waals surface area contributed by atoms with Crippen LogP contribution < -0.4 is 0 Å². The van der Waals surface area contributed by atoms with Gasteiger partial charge in [-0.3, -0.25) is 0 Å². The Kier molecular flexibility index (Phi) is 3.42. The third-order valence-electron chi connectivity index (χ3n) is 1.48. The van der Waals surface area contributed by atoms with E-state index in [0.717, 1.165) is 6.07 Å². The average Bonchev–Trinajstić information content (AvgIpc) is 2.13. The van der Waals surface area contributed by atoms with Gasteiger partial charge in [0.1, 0.15) is 0 Å². The van der Waals surface area contributed by atoms with Crippen LogP contribution in [0.15, 0.2) is 18.2 Å². The smallest absolute Gasteiger partial charge is 0.200 e. The zero-order valence-corrected chi connectivity index (χ0v) is 8.18. The summed E-state index contributed by atoms with van der Waals surface area (Å²) in [6.07, 6.45) is 3.07. The minimum absolute atomic E-state index is 0.120. The van der Waals surface area contributed by atoms with Gasteiger partial charge in [0.2, 0.25) is 5.82 Å². The molecule has 1 nitrogen and oxygen atoms in total. The van der Waals surface area contributed by atoms with E-state index in [9.17, 15) is 8.78 Å². The van der Waals surface area contributed by atoms with Crippen LogP contribution >= 0.6 is 15.9 Å². The summed E-state index contributed by atoms with van der Waals surface area (Å²) in [6.45, 7) is 0. The lowest BCUT2D eigenvalue weighted by Gasteiger charge is -1.99. The van der Waals surface area contributed by atoms with Crippen molar-refractivity contribution >= 4 is 22.0 Å². The maximum Gasteiger partial charge on any atom is 0.200 e. The number of hydrogen-bond donors (Lipinski definition) is 1. The van der Waals surface area contributed by atoms with Crippen molar-refractivity contribution in [2.75, 3.05) is 5.33 Å². The first kappa shape index (κ1) is 10.2. The van der Waals surface area contributed by atoms with Crippen molar-refractivity contribution in [2.45, 2.75) is 0 Å². The molecule has 0 unspecified atom stereocenters. The number of phenols is 1. The van der Waals surface area contributed by atoms with E-state index in [1.807, 2.05) is 0 Å². The number of rotatable bonds is 2. The highest BCUT2D eigenvalue weighted by molar-refractivity contribution is 9.09. The number of halogens is 3. The summed E-state index contributed by atoms with van der Waals surface area (Å²) in [5, 5.41) is 9.37. The van der Waals surface area contributed by atoms with Crippen LogP contribution in [0.5, 0.6) is 5.75 Å². The standard InChI is InChI=1S/C9H7BrF2O/c10-5-1-2-6-3-4-7(13)9(12)8(6)11/h1-4,13H,5H2. The quantitative estimate of drug-likeness (QED) is 0.798. The van der Waals surface area contributed by atoms with E-state index in [4.69, 9.17) is 5.11 Å². The van der Waals surface area contributed by atoms with Gasteiger partial charge in [-0.2, -0.15) is 4.39 Å². The van der Waals surface area contributed by atoms with Crippen LogP contribution in [-0.4, -0.2) is 10.4 Å². The Balaban J connectivity index is 3.11. The molecule has 1 N–H and O–H groups in total. The third kappa shape index (κ3) is 2.28. The summed E-state index contributed by atoms with van der Waals surface area (Å²) < 4.78 is 25.7. The van der Waals surface area contributed by atoms with Crippen LogP contribution in [0.3, 0.4) is 0 Å². The second kappa shape index (κ2) is 4.37. The lowest BCUT2D eigenvalue weighted by atomic mass is 10.2. The summed E-state index contributed by atoms with van der Waals surface area (Å²) in [6, 6.07) is 2.43. The van der Waals surface area contributed by atoms with Crippen LogP contribution in [-0.2, 0) is 0 Å². The van der Waals surface area contributed by atoms with E-state index >= 15 is 0 Å². The monoisotopic (exact) mass is 248 g/mol. The van der Waals surface area contributed by atoms with Gasteiger partial charge >= 0.3 is 0 Å². The molecular weight excluding hydrogens is 242 g/mol. The second-order valence-electron chi connectivity index (χ2n) is 2.36. The van der Waals surface area contributed by atoms with Gasteiger partial charge in [0, 0.05) is 10.9 Å². The number of benzene rings is 1. The van der Waals surface area contributed by atoms with Crippen LogP contribution in [0.1, 0.15) is 5.56 Å². The molecular formula is C9H7BrF2O. The molecule has 13 heavy (non-hydrogen) atoms. The topological polar surface area (TPSA) is 20.2 Å². The van der Waals surface area contributed by atoms with Crippen molar-refractivity contribution in [1.82, 2.24) is 0 Å². The Morgan fingerprint density at radius 1 is 1.31 bits per heavy atom. The van der Waals surface area contributed by atoms with E-state index in [2.05, 4.69) is 15.9 Å². The summed E-state index contributed by atoms with van der Waals surface area (Å²) in [5.41, 5.74) is 0.120. The highest BCUT2D eigenvalue weighted by Gasteiger charge is 2.09. The Hall–Kier alpha value is -0.900. The highest BCUT2D eigenvalue weighted by Crippen LogP contribution is 2.21. The number of hydrogen-bond acceptors (Lipinski definition) is 1. The molecule has 0 fully saturated rings. The molecule has 0 aliphatic rings. The minimum atomic E-state index is -1.21. The van der Waals surface area contributed by atoms with Crippen molar-refractivity contribution in [3.63, 3.8) is 0 Å². The number of aromatic hydroxyl groups is 1. The van der Waals surface area contributed by atoms with Crippen LogP contribution in [0.25, 0.3) is 6.08 Å². The number of allylic oxidation sites excluding steroid dienone is 1. The predicted molar refractivity (Wildman–Crippen MR) is 50.9 cm³/mol. The fraction of sp³-hybridized carbons (Fsp3) is 0.111. The fourth-order valence-corrected chi connectivity index (χ4v) is 1.04. The maximum atomic E-state index is 13.0. The molecule has 0 amide bonds. The normalized spacial score (nSPS) is 11.0. The first-order chi connectivity index (χ1) is 6.16. The van der Waals surface area contributed by atoms with Crippen LogP contribution in [0, 0.1) is 11.6 Å². The highest BCUT2D eigenvalue weighted by atomic mass is 79.9. The Morgan fingerprint density at radius 2 is 2.00 bits per heavy atom. The first-order valence-corrected chi connectivity index (χ1v) is 4.68. The third-order valence-corrected chi connectivity index (χ3v) is 1.85. The first-order valence-electron chi connectivity index (χ1n) is 3.56. The number of alkyl halides is 1. The molecule has 0 heterocycles. The maximum absolute atomic E-state index is 13.0. The molecule has 0 bridgehead atoms. The van der Waals surface area contributed by atoms with Gasteiger partial charge in [-0.05, 0) is 12.1 Å². The van der Waals surface area contributed by atoms with Gasteiger partial charge in [-0.15, -0.1) is 0 Å². The number of phenolic OH excluding ortho intramolecular Hbond substituents is 1. The SMILES string of the molecule is Oc1ccc(C=CCBr)c(F)c1F. The molecule has 0 saturated heterocycles. The molecule has 1 rings (SSSR count). The molecule has 0 spiro atoms. The molecule has 1 aromatic carbocycles. The zero-order valence-electron chi connectivity index (χ0n) is 6.60. The molecule has 0 radical (unpaired) electrons. The lowest BCUT2D eigenvalue weighted by Crippen LogP contribution is -1.88. The fourth-order valence-electron chi connectivity index (χ4n) is 0.854. The Bertz CT molecular complexity index is 337. The van der Waals surface area contributed by atoms with Crippen molar-refractivity contribution < 1.29 is 13.9 Å². The van der Waals surface area contributed by atoms with E-state index < -0.39 is 17.4 Å². The molecule has 4 heteroatoms. The molecule has 1 aromatic rings. The second-order valence-corrected chi connectivity index (χ2v) is 3.01. The van der Waals surface area contributed by atoms with Crippen LogP contribution in [0.2, 0.25) is 0 Å². The largest absolute Gasteiger partial charge is 0.505 e. The van der Waals surface area contributed by atoms with Crippen molar-refractivity contribution in [2.24, 2.45) is 0 Å². The minimum Gasteiger partial charge on any atom is -0.505 e. The molecule has 0 saturated carbocycles. The zero-order chi connectivity index (χ0) is 9.84. The Morgan fingerprint density at radius 3 is 2.62 bits per heavy atom. The summed E-state index contributed by atoms with van der Waals surface area (Å²) >= 11 is 3.11. The van der Waals surface area contributed by atoms with E-state index in [-0.39, 0.29) is 5.56 Å². The van der Waals surface area contributed by atoms with E-state index in [1.165, 1.54) is 12.1 Å². The lowest BCUT2D eigenvalue weighted by molar-refractivity contribution is 0.406. The molecule has 70 valence electrons. The van der Waals surface area contributed by atoms with Gasteiger partial charge in [0.25, 0.3) is 0 Å². The van der Waals surface area contributed by atoms with Gasteiger partial charge in [0.15, 0.2) is 11.6 Å². The van der Waals surface area contributed by atoms with Crippen LogP contribution in [0.4, 0.5) is 8.78 Å². The van der Waals surface area contributed by atoms with Gasteiger partial charge in [-0.1, -0.05) is 28.1 Å². The average molecular weight is 249 g/mol.